The maximum Gasteiger partial charge on any atom is 0.232 e. The Kier molecular flexibility index (Phi) is 13.5. The first-order valence-corrected chi connectivity index (χ1v) is 12.4. The molecule has 1 aromatic rings. The molecule has 1 aliphatic rings. The highest BCUT2D eigenvalue weighted by atomic mass is 32.2. The van der Waals surface area contributed by atoms with Crippen LogP contribution in [0.4, 0.5) is 5.69 Å². The van der Waals surface area contributed by atoms with Crippen molar-refractivity contribution in [2.45, 2.75) is 41.0 Å². The molecule has 0 saturated heterocycles. The quantitative estimate of drug-likeness (QED) is 0.417. The van der Waals surface area contributed by atoms with Crippen molar-refractivity contribution in [3.8, 4) is 6.07 Å². The second-order valence-corrected chi connectivity index (χ2v) is 8.92. The zero-order valence-electron chi connectivity index (χ0n) is 20.2. The third kappa shape index (κ3) is 9.44. The SMILES string of the molecule is C=C/C(=C\C)OCC.C=C1CN(C)C(c2ccc(NS(=O)(=O)CC)cc2)=C1C#N.CCC. The molecule has 176 valence electrons. The molecule has 0 fully saturated rings. The van der Waals surface area contributed by atoms with E-state index in [1.807, 2.05) is 31.9 Å². The van der Waals surface area contributed by atoms with E-state index in [1.165, 1.54) is 6.42 Å². The third-order valence-corrected chi connectivity index (χ3v) is 5.43. The second kappa shape index (κ2) is 14.9. The lowest BCUT2D eigenvalue weighted by molar-refractivity contribution is 0.242. The summed E-state index contributed by atoms with van der Waals surface area (Å²) in [7, 11) is -1.38. The minimum atomic E-state index is -3.28. The van der Waals surface area contributed by atoms with E-state index in [0.717, 1.165) is 22.6 Å². The number of sulfonamides is 1. The molecule has 0 unspecified atom stereocenters. The van der Waals surface area contributed by atoms with E-state index in [1.54, 1.807) is 37.3 Å². The molecule has 0 saturated carbocycles. The molecule has 2 rings (SSSR count). The van der Waals surface area contributed by atoms with E-state index < -0.39 is 10.0 Å². The second-order valence-electron chi connectivity index (χ2n) is 6.91. The van der Waals surface area contributed by atoms with Gasteiger partial charge in [0.05, 0.1) is 23.6 Å². The van der Waals surface area contributed by atoms with Crippen LogP contribution < -0.4 is 4.72 Å². The molecule has 1 heterocycles. The summed E-state index contributed by atoms with van der Waals surface area (Å²) in [5.41, 5.74) is 3.59. The first kappa shape index (κ1) is 29.0. The van der Waals surface area contributed by atoms with E-state index in [9.17, 15) is 13.7 Å². The number of nitriles is 1. The Morgan fingerprint density at radius 1 is 1.25 bits per heavy atom. The van der Waals surface area contributed by atoms with Crippen molar-refractivity contribution in [2.75, 3.05) is 30.7 Å². The number of rotatable bonds is 7. The number of ether oxygens (including phenoxy) is 1. The fraction of sp³-hybridized carbons (Fsp3) is 0.400. The lowest BCUT2D eigenvalue weighted by Gasteiger charge is -2.16. The van der Waals surface area contributed by atoms with Crippen LogP contribution >= 0.6 is 0 Å². The fourth-order valence-electron chi connectivity index (χ4n) is 2.67. The van der Waals surface area contributed by atoms with E-state index in [4.69, 9.17) is 4.74 Å². The number of allylic oxidation sites excluding steroid dienone is 2. The molecular formula is C25H37N3O3S. The van der Waals surface area contributed by atoms with Crippen molar-refractivity contribution in [1.82, 2.24) is 4.90 Å². The Morgan fingerprint density at radius 2 is 1.81 bits per heavy atom. The first-order chi connectivity index (χ1) is 15.1. The molecule has 32 heavy (non-hydrogen) atoms. The van der Waals surface area contributed by atoms with Gasteiger partial charge in [0, 0.05) is 19.3 Å². The molecule has 0 spiro atoms. The third-order valence-electron chi connectivity index (χ3n) is 4.12. The molecule has 0 bridgehead atoms. The van der Waals surface area contributed by atoms with E-state index in [-0.39, 0.29) is 5.75 Å². The van der Waals surface area contributed by atoms with E-state index >= 15 is 0 Å². The van der Waals surface area contributed by atoms with Gasteiger partial charge in [-0.2, -0.15) is 5.26 Å². The number of hydrogen-bond donors (Lipinski definition) is 1. The molecular weight excluding hydrogens is 422 g/mol. The fourth-order valence-corrected chi connectivity index (χ4v) is 3.31. The molecule has 0 amide bonds. The van der Waals surface area contributed by atoms with Crippen molar-refractivity contribution < 1.29 is 13.2 Å². The van der Waals surface area contributed by atoms with E-state index in [0.29, 0.717) is 24.4 Å². The van der Waals surface area contributed by atoms with Gasteiger partial charge in [-0.05, 0) is 56.2 Å². The van der Waals surface area contributed by atoms with Gasteiger partial charge in [0.2, 0.25) is 10.0 Å². The Bertz CT molecular complexity index is 953. The molecule has 6 nitrogen and oxygen atoms in total. The molecule has 1 N–H and O–H groups in total. The summed E-state index contributed by atoms with van der Waals surface area (Å²) in [4.78, 5) is 1.96. The zero-order valence-corrected chi connectivity index (χ0v) is 21.1. The van der Waals surface area contributed by atoms with Crippen LogP contribution in [-0.2, 0) is 14.8 Å². The van der Waals surface area contributed by atoms with Gasteiger partial charge in [-0.15, -0.1) is 0 Å². The summed E-state index contributed by atoms with van der Waals surface area (Å²) < 4.78 is 30.6. The Morgan fingerprint density at radius 3 is 2.19 bits per heavy atom. The minimum Gasteiger partial charge on any atom is -0.494 e. The van der Waals surface area contributed by atoms with Crippen LogP contribution in [0.15, 0.2) is 66.5 Å². The average Bonchev–Trinajstić information content (AvgIpc) is 3.06. The van der Waals surface area contributed by atoms with E-state index in [2.05, 4.69) is 37.8 Å². The molecule has 7 heteroatoms. The smallest absolute Gasteiger partial charge is 0.232 e. The maximum absolute atomic E-state index is 11.5. The predicted molar refractivity (Wildman–Crippen MR) is 135 cm³/mol. The summed E-state index contributed by atoms with van der Waals surface area (Å²) in [6.07, 6.45) is 4.83. The van der Waals surface area contributed by atoms with Gasteiger partial charge in [-0.25, -0.2) is 8.42 Å². The van der Waals surface area contributed by atoms with Crippen molar-refractivity contribution >= 4 is 21.4 Å². The van der Waals surface area contributed by atoms with Crippen LogP contribution in [0.3, 0.4) is 0 Å². The average molecular weight is 460 g/mol. The van der Waals surface area contributed by atoms with Gasteiger partial charge in [0.25, 0.3) is 0 Å². The first-order valence-electron chi connectivity index (χ1n) is 10.7. The van der Waals surface area contributed by atoms with Crippen molar-refractivity contribution in [3.05, 3.63) is 72.0 Å². The number of benzene rings is 1. The summed E-state index contributed by atoms with van der Waals surface area (Å²) >= 11 is 0. The van der Waals surface area contributed by atoms with Gasteiger partial charge in [-0.1, -0.05) is 45.6 Å². The lowest BCUT2D eigenvalue weighted by atomic mass is 10.1. The molecule has 0 atom stereocenters. The largest absolute Gasteiger partial charge is 0.494 e. The lowest BCUT2D eigenvalue weighted by Crippen LogP contribution is -2.15. The standard InChI is InChI=1S/C15H17N3O2S.C7H12O.C3H8/c1-4-21(19,20)17-13-7-5-12(6-8-13)15-14(9-16)11(2)10-18(15)3;1-4-7(5-2)8-6-3;1-3-2/h5-8,17H,2,4,10H2,1,3H3;4-5H,1,6H2,2-3H3;3H2,1-2H3/b;7-5+;. The number of hydrogen-bond acceptors (Lipinski definition) is 5. The zero-order chi connectivity index (χ0) is 24.7. The Hall–Kier alpha value is -2.98. The minimum absolute atomic E-state index is 0.0288. The Labute approximate surface area is 194 Å². The monoisotopic (exact) mass is 459 g/mol. The molecule has 0 aromatic heterocycles. The number of nitrogens with zero attached hydrogens (tertiary/aromatic N) is 2. The van der Waals surface area contributed by atoms with Crippen LogP contribution in [0, 0.1) is 11.3 Å². The van der Waals surface area contributed by atoms with Gasteiger partial charge < -0.3 is 9.64 Å². The molecule has 0 aliphatic carbocycles. The number of likely N-dealkylation sites (N-methyl/N-ethyl adjacent to an activating group) is 1. The number of anilines is 1. The highest BCUT2D eigenvalue weighted by Crippen LogP contribution is 2.32. The summed E-state index contributed by atoms with van der Waals surface area (Å²) in [5, 5.41) is 9.24. The van der Waals surface area contributed by atoms with Gasteiger partial charge in [0.1, 0.15) is 11.8 Å². The summed E-state index contributed by atoms with van der Waals surface area (Å²) in [6, 6.07) is 9.17. The van der Waals surface area contributed by atoms with Crippen LogP contribution in [0.5, 0.6) is 0 Å². The Balaban J connectivity index is 0.000000732. The van der Waals surface area contributed by atoms with Crippen LogP contribution in [0.25, 0.3) is 5.70 Å². The molecule has 1 aromatic carbocycles. The van der Waals surface area contributed by atoms with Crippen LogP contribution in [-0.4, -0.2) is 39.3 Å². The number of nitrogens with one attached hydrogen (secondary N) is 1. The van der Waals surface area contributed by atoms with Crippen LogP contribution in [0.1, 0.15) is 46.6 Å². The topological polar surface area (TPSA) is 82.4 Å². The molecule has 1 aliphatic heterocycles. The van der Waals surface area contributed by atoms with Gasteiger partial charge >= 0.3 is 0 Å². The van der Waals surface area contributed by atoms with Crippen LogP contribution in [0.2, 0.25) is 0 Å². The van der Waals surface area contributed by atoms with Gasteiger partial charge in [0.15, 0.2) is 0 Å². The summed E-state index contributed by atoms with van der Waals surface area (Å²) in [6.45, 7) is 18.5. The maximum atomic E-state index is 11.5. The van der Waals surface area contributed by atoms with Crippen molar-refractivity contribution in [1.29, 1.82) is 5.26 Å². The van der Waals surface area contributed by atoms with Crippen molar-refractivity contribution in [3.63, 3.8) is 0 Å². The van der Waals surface area contributed by atoms with Gasteiger partial charge in [-0.3, -0.25) is 4.72 Å². The normalized spacial score (nSPS) is 13.3. The highest BCUT2D eigenvalue weighted by molar-refractivity contribution is 7.92. The highest BCUT2D eigenvalue weighted by Gasteiger charge is 2.24. The van der Waals surface area contributed by atoms with Crippen molar-refractivity contribution in [2.24, 2.45) is 0 Å². The molecule has 0 radical (unpaired) electrons. The predicted octanol–water partition coefficient (Wildman–Crippen LogP) is 5.71. The summed E-state index contributed by atoms with van der Waals surface area (Å²) in [5.74, 6) is 0.883.